The van der Waals surface area contributed by atoms with Crippen molar-refractivity contribution in [3.63, 3.8) is 0 Å². The second-order valence-electron chi connectivity index (χ2n) is 7.73. The quantitative estimate of drug-likeness (QED) is 0.574. The van der Waals surface area contributed by atoms with E-state index in [1.807, 2.05) is 42.5 Å². The summed E-state index contributed by atoms with van der Waals surface area (Å²) in [7, 11) is 0. The highest BCUT2D eigenvalue weighted by atomic mass is 16.5. The van der Waals surface area contributed by atoms with Gasteiger partial charge in [0.1, 0.15) is 19.6 Å². The van der Waals surface area contributed by atoms with Gasteiger partial charge in [-0.25, -0.2) is 4.79 Å². The largest absolute Gasteiger partial charge is 0.452 e. The van der Waals surface area contributed by atoms with Gasteiger partial charge in [-0.15, -0.1) is 0 Å². The van der Waals surface area contributed by atoms with Crippen LogP contribution in [0.5, 0.6) is 0 Å². The van der Waals surface area contributed by atoms with Crippen molar-refractivity contribution in [2.45, 2.75) is 25.9 Å². The topological polar surface area (TPSA) is 86.1 Å². The van der Waals surface area contributed by atoms with Gasteiger partial charge in [0.05, 0.1) is 24.8 Å². The van der Waals surface area contributed by atoms with Gasteiger partial charge >= 0.3 is 5.97 Å². The lowest BCUT2D eigenvalue weighted by atomic mass is 10.0. The molecule has 1 heterocycles. The molecule has 1 amide bonds. The highest BCUT2D eigenvalue weighted by Crippen LogP contribution is 2.07. The Labute approximate surface area is 182 Å². The van der Waals surface area contributed by atoms with Gasteiger partial charge < -0.3 is 19.7 Å². The number of quaternary nitrogens is 1. The second-order valence-corrected chi connectivity index (χ2v) is 7.73. The summed E-state index contributed by atoms with van der Waals surface area (Å²) in [6, 6.07) is 16.0. The van der Waals surface area contributed by atoms with Crippen LogP contribution in [0.25, 0.3) is 0 Å². The number of benzene rings is 2. The number of ether oxygens (including phenoxy) is 2. The van der Waals surface area contributed by atoms with E-state index in [0.717, 1.165) is 44.0 Å². The van der Waals surface area contributed by atoms with E-state index in [0.29, 0.717) is 12.0 Å². The molecule has 0 bridgehead atoms. The van der Waals surface area contributed by atoms with Crippen LogP contribution < -0.4 is 10.2 Å². The van der Waals surface area contributed by atoms with Gasteiger partial charge in [0.25, 0.3) is 5.91 Å². The van der Waals surface area contributed by atoms with Crippen LogP contribution in [0.2, 0.25) is 0 Å². The molecule has 0 aromatic heterocycles. The highest BCUT2D eigenvalue weighted by molar-refractivity contribution is 5.92. The average Bonchev–Trinajstić information content (AvgIpc) is 2.79. The molecule has 2 aromatic rings. The molecule has 2 N–H and O–H groups in total. The zero-order chi connectivity index (χ0) is 22.1. The molecule has 7 nitrogen and oxygen atoms in total. The van der Waals surface area contributed by atoms with Crippen molar-refractivity contribution < 1.29 is 28.8 Å². The van der Waals surface area contributed by atoms with Crippen LogP contribution in [0, 0.1) is 0 Å². The number of hydrogen-bond donors (Lipinski definition) is 2. The van der Waals surface area contributed by atoms with Crippen molar-refractivity contribution in [1.82, 2.24) is 5.32 Å². The molecule has 0 unspecified atom stereocenters. The van der Waals surface area contributed by atoms with Crippen LogP contribution in [0.4, 0.5) is 0 Å². The van der Waals surface area contributed by atoms with Crippen molar-refractivity contribution in [2.75, 3.05) is 32.9 Å². The fourth-order valence-corrected chi connectivity index (χ4v) is 3.48. The Morgan fingerprint density at radius 1 is 1.00 bits per heavy atom. The van der Waals surface area contributed by atoms with Crippen LogP contribution >= 0.6 is 0 Å². The number of morpholine rings is 1. The minimum absolute atomic E-state index is 0.151. The van der Waals surface area contributed by atoms with Crippen molar-refractivity contribution in [2.24, 2.45) is 0 Å². The first-order valence-electron chi connectivity index (χ1n) is 10.5. The van der Waals surface area contributed by atoms with E-state index in [1.165, 1.54) is 11.8 Å². The molecular formula is C24H29N2O5+. The minimum atomic E-state index is -0.657. The minimum Gasteiger partial charge on any atom is -0.452 e. The maximum Gasteiger partial charge on any atom is 0.338 e. The lowest BCUT2D eigenvalue weighted by Gasteiger charge is -2.23. The summed E-state index contributed by atoms with van der Waals surface area (Å²) in [5, 5.41) is 2.65. The zero-order valence-electron chi connectivity index (χ0n) is 17.8. The summed E-state index contributed by atoms with van der Waals surface area (Å²) in [6.07, 6.45) is 0.391. The summed E-state index contributed by atoms with van der Waals surface area (Å²) in [6.45, 7) is 5.39. The van der Waals surface area contributed by atoms with Gasteiger partial charge in [-0.05, 0) is 31.0 Å². The summed E-state index contributed by atoms with van der Waals surface area (Å²) in [5.74, 6) is -1.22. The molecule has 0 spiro atoms. The SMILES string of the molecule is CC(=O)[C@H](Cc1ccccc1)NC(=O)COC(=O)c1ccc(C[NH+]2CCOCC2)cc1. The van der Waals surface area contributed by atoms with Crippen molar-refractivity contribution in [1.29, 1.82) is 0 Å². The summed E-state index contributed by atoms with van der Waals surface area (Å²) < 4.78 is 10.5. The van der Waals surface area contributed by atoms with Crippen molar-refractivity contribution >= 4 is 17.7 Å². The molecular weight excluding hydrogens is 396 g/mol. The van der Waals surface area contributed by atoms with E-state index in [4.69, 9.17) is 9.47 Å². The van der Waals surface area contributed by atoms with Crippen molar-refractivity contribution in [3.8, 4) is 0 Å². The Kier molecular flexibility index (Phi) is 8.32. The Morgan fingerprint density at radius 3 is 2.32 bits per heavy atom. The fourth-order valence-electron chi connectivity index (χ4n) is 3.48. The third-order valence-corrected chi connectivity index (χ3v) is 5.29. The summed E-state index contributed by atoms with van der Waals surface area (Å²) in [4.78, 5) is 37.8. The number of rotatable bonds is 9. The first-order valence-corrected chi connectivity index (χ1v) is 10.5. The number of nitrogens with one attached hydrogen (secondary N) is 2. The zero-order valence-corrected chi connectivity index (χ0v) is 17.8. The molecule has 1 aliphatic rings. The Hall–Kier alpha value is -3.03. The van der Waals surface area contributed by atoms with Gasteiger partial charge in [-0.1, -0.05) is 42.5 Å². The van der Waals surface area contributed by atoms with Crippen LogP contribution in [0.1, 0.15) is 28.4 Å². The molecule has 164 valence electrons. The first kappa shape index (κ1) is 22.7. The standard InChI is InChI=1S/C24H28N2O5/c1-18(27)22(15-19-5-3-2-4-6-19)25-23(28)17-31-24(29)21-9-7-20(8-10-21)16-26-11-13-30-14-12-26/h2-10,22H,11-17H2,1H3,(H,25,28)/p+1/t22-/m0/s1. The highest BCUT2D eigenvalue weighted by Gasteiger charge is 2.19. The third kappa shape index (κ3) is 7.31. The third-order valence-electron chi connectivity index (χ3n) is 5.29. The predicted molar refractivity (Wildman–Crippen MR) is 115 cm³/mol. The number of carbonyl (C=O) groups excluding carboxylic acids is 3. The maximum absolute atomic E-state index is 12.3. The Morgan fingerprint density at radius 2 is 1.68 bits per heavy atom. The van der Waals surface area contributed by atoms with E-state index in [9.17, 15) is 14.4 Å². The molecule has 3 rings (SSSR count). The number of amides is 1. The molecule has 0 radical (unpaired) electrons. The molecule has 0 saturated carbocycles. The second kappa shape index (κ2) is 11.4. The van der Waals surface area contributed by atoms with Gasteiger partial charge in [-0.2, -0.15) is 0 Å². The monoisotopic (exact) mass is 425 g/mol. The number of hydrogen-bond acceptors (Lipinski definition) is 5. The molecule has 7 heteroatoms. The molecule has 2 aromatic carbocycles. The lowest BCUT2D eigenvalue weighted by Crippen LogP contribution is -3.12. The Balaban J connectivity index is 1.46. The molecule has 31 heavy (non-hydrogen) atoms. The predicted octanol–water partition coefficient (Wildman–Crippen LogP) is 0.575. The first-order chi connectivity index (χ1) is 15.0. The van der Waals surface area contributed by atoms with Crippen LogP contribution in [-0.2, 0) is 32.0 Å². The molecule has 1 atom stereocenters. The van der Waals surface area contributed by atoms with Crippen LogP contribution in [0.3, 0.4) is 0 Å². The molecule has 1 fully saturated rings. The van der Waals surface area contributed by atoms with Gasteiger partial charge in [0.15, 0.2) is 12.4 Å². The van der Waals surface area contributed by atoms with Gasteiger partial charge in [0.2, 0.25) is 0 Å². The van der Waals surface area contributed by atoms with E-state index in [1.54, 1.807) is 12.1 Å². The summed E-state index contributed by atoms with van der Waals surface area (Å²) in [5.41, 5.74) is 2.47. The molecule has 1 saturated heterocycles. The fraction of sp³-hybridized carbons (Fsp3) is 0.375. The number of carbonyl (C=O) groups is 3. The molecule has 0 aliphatic carbocycles. The Bertz CT molecular complexity index is 877. The van der Waals surface area contributed by atoms with E-state index in [2.05, 4.69) is 5.32 Å². The maximum atomic E-state index is 12.3. The van der Waals surface area contributed by atoms with E-state index < -0.39 is 24.5 Å². The van der Waals surface area contributed by atoms with Crippen molar-refractivity contribution in [3.05, 3.63) is 71.3 Å². The average molecular weight is 426 g/mol. The smallest absolute Gasteiger partial charge is 0.338 e. The number of esters is 1. The van der Waals surface area contributed by atoms with E-state index >= 15 is 0 Å². The van der Waals surface area contributed by atoms with E-state index in [-0.39, 0.29) is 5.78 Å². The van der Waals surface area contributed by atoms with Crippen LogP contribution in [0.15, 0.2) is 54.6 Å². The normalized spacial score (nSPS) is 15.1. The summed E-state index contributed by atoms with van der Waals surface area (Å²) >= 11 is 0. The lowest BCUT2D eigenvalue weighted by molar-refractivity contribution is -0.921. The van der Waals surface area contributed by atoms with Gasteiger partial charge in [0, 0.05) is 5.56 Å². The van der Waals surface area contributed by atoms with Crippen LogP contribution in [-0.4, -0.2) is 56.6 Å². The number of ketones is 1. The molecule has 1 aliphatic heterocycles. The van der Waals surface area contributed by atoms with Gasteiger partial charge in [-0.3, -0.25) is 9.59 Å². The number of Topliss-reactive ketones (excluding diaryl/α,β-unsaturated/α-hetero) is 1.